The van der Waals surface area contributed by atoms with E-state index in [-0.39, 0.29) is 0 Å². The van der Waals surface area contributed by atoms with Crippen LogP contribution in [0.4, 0.5) is 0 Å². The van der Waals surface area contributed by atoms with Gasteiger partial charge in [0.1, 0.15) is 0 Å². The topological polar surface area (TPSA) is 44.0 Å². The monoisotopic (exact) mass is 654 g/mol. The van der Waals surface area contributed by atoms with E-state index in [1.165, 1.54) is 11.1 Å². The van der Waals surface area contributed by atoms with Crippen LogP contribution >= 0.6 is 45.2 Å². The molecule has 0 atom stereocenters. The number of hydrogen-bond acceptors (Lipinski definition) is 2. The Balaban J connectivity index is 0.000000181. The molecule has 0 unspecified atom stereocenters. The van der Waals surface area contributed by atoms with Crippen LogP contribution in [-0.2, 0) is 13.1 Å². The van der Waals surface area contributed by atoms with Crippen molar-refractivity contribution in [2.45, 2.75) is 39.8 Å². The van der Waals surface area contributed by atoms with Crippen LogP contribution in [-0.4, -0.2) is 30.6 Å². The summed E-state index contributed by atoms with van der Waals surface area (Å²) >= 11 is 4.75. The lowest BCUT2D eigenvalue weighted by atomic mass is 10.1. The molecular weight excluding hydrogens is 626 g/mol. The molecule has 0 radical (unpaired) electrons. The Hall–Kier alpha value is -1.68. The van der Waals surface area contributed by atoms with Gasteiger partial charge in [-0.3, -0.25) is 9.59 Å². The quantitative estimate of drug-likeness (QED) is 0.115. The standard InChI is InChI=1S/2C13H14INO/c2*1-10-3-4-13-12(7-10)11(9-16)8-15(13)6-2-5-14/h2*3-4,7-9H,2,5-6H2,1H3. The summed E-state index contributed by atoms with van der Waals surface area (Å²) < 4.78 is 6.63. The van der Waals surface area contributed by atoms with Crippen LogP contribution in [0, 0.1) is 13.8 Å². The molecule has 2 heterocycles. The second-order valence-corrected chi connectivity index (χ2v) is 10.1. The van der Waals surface area contributed by atoms with Gasteiger partial charge in [-0.15, -0.1) is 0 Å². The summed E-state index contributed by atoms with van der Waals surface area (Å²) in [6, 6.07) is 12.6. The van der Waals surface area contributed by atoms with E-state index >= 15 is 0 Å². The lowest BCUT2D eigenvalue weighted by Crippen LogP contribution is -1.96. The summed E-state index contributed by atoms with van der Waals surface area (Å²) in [5.74, 6) is 0. The van der Waals surface area contributed by atoms with Gasteiger partial charge in [0, 0.05) is 67.3 Å². The molecule has 0 aliphatic rings. The average molecular weight is 654 g/mol. The van der Waals surface area contributed by atoms with Crippen molar-refractivity contribution < 1.29 is 9.59 Å². The predicted molar refractivity (Wildman–Crippen MR) is 151 cm³/mol. The number of nitrogens with zero attached hydrogens (tertiary/aromatic N) is 2. The average Bonchev–Trinajstić information content (AvgIpc) is 3.33. The maximum absolute atomic E-state index is 11.0. The van der Waals surface area contributed by atoms with E-state index < -0.39 is 0 Å². The Bertz CT molecular complexity index is 1130. The molecule has 0 saturated heterocycles. The molecule has 0 aliphatic carbocycles. The molecule has 0 amide bonds. The molecule has 6 heteroatoms. The number of aromatic nitrogens is 2. The van der Waals surface area contributed by atoms with Gasteiger partial charge in [0.15, 0.2) is 12.6 Å². The van der Waals surface area contributed by atoms with Gasteiger partial charge in [0.25, 0.3) is 0 Å². The minimum absolute atomic E-state index is 0.798. The third-order valence-corrected chi connectivity index (χ3v) is 6.98. The van der Waals surface area contributed by atoms with Gasteiger partial charge < -0.3 is 9.13 Å². The number of halogens is 2. The minimum atomic E-state index is 0.798. The van der Waals surface area contributed by atoms with E-state index in [0.717, 1.165) is 80.3 Å². The van der Waals surface area contributed by atoms with E-state index in [0.29, 0.717) is 0 Å². The highest BCUT2D eigenvalue weighted by Gasteiger charge is 2.08. The molecule has 0 saturated carbocycles. The Kier molecular flexibility index (Phi) is 9.34. The fourth-order valence-corrected chi connectivity index (χ4v) is 4.58. The van der Waals surface area contributed by atoms with Gasteiger partial charge in [-0.2, -0.15) is 0 Å². The second-order valence-electron chi connectivity index (χ2n) is 7.92. The van der Waals surface area contributed by atoms with E-state index in [2.05, 4.69) is 105 Å². The number of benzene rings is 2. The van der Waals surface area contributed by atoms with E-state index in [1.807, 2.05) is 12.4 Å². The van der Waals surface area contributed by atoms with Crippen LogP contribution in [0.1, 0.15) is 44.7 Å². The molecule has 0 bridgehead atoms. The Morgan fingerprint density at radius 3 is 1.47 bits per heavy atom. The number of fused-ring (bicyclic) bond motifs is 2. The molecule has 4 aromatic rings. The van der Waals surface area contributed by atoms with Crippen molar-refractivity contribution in [3.05, 3.63) is 71.0 Å². The van der Waals surface area contributed by atoms with Crippen molar-refractivity contribution in [1.29, 1.82) is 0 Å². The van der Waals surface area contributed by atoms with Gasteiger partial charge in [0.2, 0.25) is 0 Å². The normalized spacial score (nSPS) is 10.9. The number of carbonyl (C=O) groups is 2. The lowest BCUT2D eigenvalue weighted by molar-refractivity contribution is 0.111. The largest absolute Gasteiger partial charge is 0.347 e. The van der Waals surface area contributed by atoms with Gasteiger partial charge in [0.05, 0.1) is 0 Å². The molecule has 2 aromatic heterocycles. The first-order valence-corrected chi connectivity index (χ1v) is 13.8. The molecule has 0 aliphatic heterocycles. The highest BCUT2D eigenvalue weighted by Crippen LogP contribution is 2.23. The van der Waals surface area contributed by atoms with Gasteiger partial charge >= 0.3 is 0 Å². The zero-order valence-corrected chi connectivity index (χ0v) is 22.8. The van der Waals surface area contributed by atoms with Crippen LogP contribution in [0.3, 0.4) is 0 Å². The van der Waals surface area contributed by atoms with Gasteiger partial charge in [-0.05, 0) is 51.0 Å². The highest BCUT2D eigenvalue weighted by atomic mass is 127. The zero-order chi connectivity index (χ0) is 23.1. The van der Waals surface area contributed by atoms with Gasteiger partial charge in [-0.25, -0.2) is 0 Å². The first-order chi connectivity index (χ1) is 15.5. The molecule has 0 fully saturated rings. The van der Waals surface area contributed by atoms with Gasteiger partial charge in [-0.1, -0.05) is 68.4 Å². The fraction of sp³-hybridized carbons (Fsp3) is 0.308. The fourth-order valence-electron chi connectivity index (χ4n) is 3.90. The van der Waals surface area contributed by atoms with Crippen LogP contribution < -0.4 is 0 Å². The third-order valence-electron chi connectivity index (χ3n) is 5.45. The van der Waals surface area contributed by atoms with E-state index in [9.17, 15) is 9.59 Å². The third kappa shape index (κ3) is 5.81. The SMILES string of the molecule is Cc1ccc2c(c1)c(C=O)cn2CCCI.Cc1ccc2c(c1)c(C=O)cn2CCCI. The summed E-state index contributed by atoms with van der Waals surface area (Å²) in [5, 5.41) is 2.15. The van der Waals surface area contributed by atoms with Crippen molar-refractivity contribution >= 4 is 79.6 Å². The smallest absolute Gasteiger partial charge is 0.152 e. The molecule has 168 valence electrons. The maximum atomic E-state index is 11.0. The molecule has 4 nitrogen and oxygen atoms in total. The highest BCUT2D eigenvalue weighted by molar-refractivity contribution is 14.1. The van der Waals surface area contributed by atoms with Crippen molar-refractivity contribution in [2.24, 2.45) is 0 Å². The number of carbonyl (C=O) groups excluding carboxylic acids is 2. The van der Waals surface area contributed by atoms with Crippen molar-refractivity contribution in [1.82, 2.24) is 9.13 Å². The number of alkyl halides is 2. The first-order valence-electron chi connectivity index (χ1n) is 10.7. The van der Waals surface area contributed by atoms with Crippen molar-refractivity contribution in [3.8, 4) is 0 Å². The Labute approximate surface area is 216 Å². The number of aryl methyl sites for hydroxylation is 4. The number of aldehydes is 2. The summed E-state index contributed by atoms with van der Waals surface area (Å²) in [5.41, 5.74) is 6.32. The number of hydrogen-bond donors (Lipinski definition) is 0. The van der Waals surface area contributed by atoms with E-state index in [1.54, 1.807) is 0 Å². The summed E-state index contributed by atoms with van der Waals surface area (Å²) in [6.07, 6.45) is 8.09. The molecule has 4 rings (SSSR count). The number of rotatable bonds is 8. The molecule has 0 spiro atoms. The Morgan fingerprint density at radius 2 is 1.12 bits per heavy atom. The Morgan fingerprint density at radius 1 is 0.719 bits per heavy atom. The second kappa shape index (κ2) is 12.0. The van der Waals surface area contributed by atoms with Crippen LogP contribution in [0.5, 0.6) is 0 Å². The molecular formula is C26H28I2N2O2. The molecule has 32 heavy (non-hydrogen) atoms. The summed E-state index contributed by atoms with van der Waals surface area (Å²) in [6.45, 7) is 6.07. The van der Waals surface area contributed by atoms with Crippen LogP contribution in [0.15, 0.2) is 48.8 Å². The van der Waals surface area contributed by atoms with E-state index in [4.69, 9.17) is 0 Å². The van der Waals surface area contributed by atoms with Crippen molar-refractivity contribution in [2.75, 3.05) is 8.86 Å². The summed E-state index contributed by atoms with van der Waals surface area (Å²) in [7, 11) is 0. The first kappa shape index (κ1) is 25.0. The van der Waals surface area contributed by atoms with Crippen molar-refractivity contribution in [3.63, 3.8) is 0 Å². The predicted octanol–water partition coefficient (Wildman–Crippen LogP) is 7.17. The lowest BCUT2D eigenvalue weighted by Gasteiger charge is -2.03. The van der Waals surface area contributed by atoms with Crippen LogP contribution in [0.25, 0.3) is 21.8 Å². The minimum Gasteiger partial charge on any atom is -0.347 e. The molecule has 2 aromatic carbocycles. The summed E-state index contributed by atoms with van der Waals surface area (Å²) in [4.78, 5) is 22.0. The zero-order valence-electron chi connectivity index (χ0n) is 18.5. The van der Waals surface area contributed by atoms with Crippen LogP contribution in [0.2, 0.25) is 0 Å². The maximum Gasteiger partial charge on any atom is 0.152 e. The molecule has 0 N–H and O–H groups in total.